The largest absolute Gasteiger partial charge is 0.399 e. The van der Waals surface area contributed by atoms with E-state index in [9.17, 15) is 0 Å². The molecule has 2 aromatic heterocycles. The highest BCUT2D eigenvalue weighted by atomic mass is 15.2. The molecule has 0 radical (unpaired) electrons. The zero-order valence-electron chi connectivity index (χ0n) is 10.6. The Bertz CT molecular complexity index is 670. The van der Waals surface area contributed by atoms with Gasteiger partial charge in [-0.15, -0.1) is 0 Å². The lowest BCUT2D eigenvalue weighted by atomic mass is 10.2. The molecule has 3 aromatic rings. The first-order valence-electron chi connectivity index (χ1n) is 6.29. The molecule has 0 aliphatic heterocycles. The Morgan fingerprint density at radius 2 is 1.89 bits per heavy atom. The van der Waals surface area contributed by atoms with Crippen molar-refractivity contribution in [2.45, 2.75) is 13.1 Å². The predicted molar refractivity (Wildman–Crippen MR) is 76.6 cm³/mol. The highest BCUT2D eigenvalue weighted by Gasteiger charge is 2.02. The number of rotatable bonds is 4. The summed E-state index contributed by atoms with van der Waals surface area (Å²) in [7, 11) is 0. The summed E-state index contributed by atoms with van der Waals surface area (Å²) in [6.07, 6.45) is 3.87. The second-order valence-corrected chi connectivity index (χ2v) is 4.55. The second kappa shape index (κ2) is 5.12. The van der Waals surface area contributed by atoms with Crippen LogP contribution in [0.3, 0.4) is 0 Å². The summed E-state index contributed by atoms with van der Waals surface area (Å²) in [5.74, 6) is 0. The first-order valence-corrected chi connectivity index (χ1v) is 6.29. The van der Waals surface area contributed by atoms with Gasteiger partial charge in [0.2, 0.25) is 0 Å². The Kier molecular flexibility index (Phi) is 3.16. The molecule has 0 saturated carbocycles. The van der Waals surface area contributed by atoms with E-state index < -0.39 is 0 Å². The molecule has 0 unspecified atom stereocenters. The molecule has 0 bridgehead atoms. The number of aromatic nitrogens is 2. The smallest absolute Gasteiger partial charge is 0.0706 e. The van der Waals surface area contributed by atoms with Crippen LogP contribution in [0.1, 0.15) is 11.1 Å². The summed E-state index contributed by atoms with van der Waals surface area (Å²) >= 11 is 0. The van der Waals surface area contributed by atoms with Gasteiger partial charge in [0, 0.05) is 30.5 Å². The van der Waals surface area contributed by atoms with E-state index in [-0.39, 0.29) is 0 Å². The lowest BCUT2D eigenvalue weighted by molar-refractivity contribution is 0.696. The van der Waals surface area contributed by atoms with Gasteiger partial charge >= 0.3 is 0 Å². The van der Waals surface area contributed by atoms with E-state index in [1.165, 1.54) is 11.1 Å². The van der Waals surface area contributed by atoms with E-state index in [1.54, 1.807) is 0 Å². The topological polar surface area (TPSA) is 55.3 Å². The van der Waals surface area contributed by atoms with Crippen molar-refractivity contribution in [2.24, 2.45) is 0 Å². The molecular weight excluding hydrogens is 236 g/mol. The van der Waals surface area contributed by atoms with Crippen molar-refractivity contribution in [1.29, 1.82) is 0 Å². The highest BCUT2D eigenvalue weighted by molar-refractivity contribution is 5.53. The number of nitrogens with zero attached hydrogens (tertiary/aromatic N) is 2. The number of hydrogen-bond acceptors (Lipinski definition) is 3. The molecular formula is C15H16N4. The third-order valence-corrected chi connectivity index (χ3v) is 3.13. The minimum atomic E-state index is 0.798. The second-order valence-electron chi connectivity index (χ2n) is 4.55. The van der Waals surface area contributed by atoms with Crippen LogP contribution in [-0.2, 0) is 13.1 Å². The van der Waals surface area contributed by atoms with Crippen molar-refractivity contribution in [3.05, 3.63) is 66.0 Å². The Morgan fingerprint density at radius 1 is 1.05 bits per heavy atom. The van der Waals surface area contributed by atoms with Crippen LogP contribution >= 0.6 is 0 Å². The van der Waals surface area contributed by atoms with Gasteiger partial charge in [0.05, 0.1) is 11.7 Å². The molecule has 4 heteroatoms. The summed E-state index contributed by atoms with van der Waals surface area (Å²) in [6.45, 7) is 1.63. The quantitative estimate of drug-likeness (QED) is 0.700. The van der Waals surface area contributed by atoms with E-state index in [0.717, 1.165) is 24.3 Å². The third-order valence-electron chi connectivity index (χ3n) is 3.13. The van der Waals surface area contributed by atoms with Crippen LogP contribution in [0.15, 0.2) is 54.9 Å². The fraction of sp³-hybridized carbons (Fsp3) is 0.133. The summed E-state index contributed by atoms with van der Waals surface area (Å²) in [6, 6.07) is 14.0. The maximum Gasteiger partial charge on any atom is 0.0706 e. The van der Waals surface area contributed by atoms with Crippen LogP contribution in [-0.4, -0.2) is 9.61 Å². The van der Waals surface area contributed by atoms with Crippen LogP contribution in [0.2, 0.25) is 0 Å². The van der Waals surface area contributed by atoms with Gasteiger partial charge in [-0.25, -0.2) is 4.52 Å². The maximum atomic E-state index is 5.66. The number of pyridine rings is 1. The molecule has 3 rings (SSSR count). The number of fused-ring (bicyclic) bond motifs is 1. The standard InChI is InChI=1S/C15H16N4/c16-14-6-4-12(5-7-14)9-17-10-13-11-18-19-8-2-1-3-15(13)19/h1-8,11,17H,9-10,16H2. The van der Waals surface area contributed by atoms with E-state index in [2.05, 4.69) is 16.5 Å². The predicted octanol–water partition coefficient (Wildman–Crippen LogP) is 2.21. The average Bonchev–Trinajstić information content (AvgIpc) is 2.85. The summed E-state index contributed by atoms with van der Waals surface area (Å²) in [5, 5.41) is 7.74. The summed E-state index contributed by atoms with van der Waals surface area (Å²) < 4.78 is 1.89. The molecule has 1 aromatic carbocycles. The zero-order chi connectivity index (χ0) is 13.1. The Labute approximate surface area is 111 Å². The van der Waals surface area contributed by atoms with Crippen LogP contribution in [0.25, 0.3) is 5.52 Å². The number of hydrogen-bond donors (Lipinski definition) is 2. The van der Waals surface area contributed by atoms with Gasteiger partial charge in [0.1, 0.15) is 0 Å². The van der Waals surface area contributed by atoms with Crippen molar-refractivity contribution >= 4 is 11.2 Å². The summed E-state index contributed by atoms with van der Waals surface area (Å²) in [4.78, 5) is 0. The first-order chi connectivity index (χ1) is 9.33. The SMILES string of the molecule is Nc1ccc(CNCc2cnn3ccccc23)cc1. The van der Waals surface area contributed by atoms with Crippen LogP contribution < -0.4 is 11.1 Å². The Morgan fingerprint density at radius 3 is 2.74 bits per heavy atom. The van der Waals surface area contributed by atoms with Gasteiger partial charge < -0.3 is 11.1 Å². The van der Waals surface area contributed by atoms with Gasteiger partial charge in [-0.1, -0.05) is 18.2 Å². The summed E-state index contributed by atoms with van der Waals surface area (Å²) in [5.41, 5.74) is 10.0. The van der Waals surface area contributed by atoms with Gasteiger partial charge in [0.15, 0.2) is 0 Å². The third kappa shape index (κ3) is 2.58. The van der Waals surface area contributed by atoms with Crippen molar-refractivity contribution in [3.8, 4) is 0 Å². The van der Waals surface area contributed by atoms with Crippen LogP contribution in [0.4, 0.5) is 5.69 Å². The van der Waals surface area contributed by atoms with Gasteiger partial charge in [0.25, 0.3) is 0 Å². The minimum absolute atomic E-state index is 0.798. The molecule has 0 saturated heterocycles. The van der Waals surface area contributed by atoms with Gasteiger partial charge in [-0.3, -0.25) is 0 Å². The van der Waals surface area contributed by atoms with Crippen molar-refractivity contribution in [3.63, 3.8) is 0 Å². The highest BCUT2D eigenvalue weighted by Crippen LogP contribution is 2.10. The zero-order valence-corrected chi connectivity index (χ0v) is 10.6. The first kappa shape index (κ1) is 11.7. The maximum absolute atomic E-state index is 5.66. The van der Waals surface area contributed by atoms with Gasteiger partial charge in [-0.2, -0.15) is 5.10 Å². The van der Waals surface area contributed by atoms with Crippen molar-refractivity contribution in [2.75, 3.05) is 5.73 Å². The molecule has 0 amide bonds. The van der Waals surface area contributed by atoms with E-state index in [1.807, 2.05) is 53.3 Å². The molecule has 19 heavy (non-hydrogen) atoms. The van der Waals surface area contributed by atoms with E-state index in [0.29, 0.717) is 0 Å². The van der Waals surface area contributed by atoms with Crippen LogP contribution in [0, 0.1) is 0 Å². The lowest BCUT2D eigenvalue weighted by Crippen LogP contribution is -2.12. The van der Waals surface area contributed by atoms with Gasteiger partial charge in [-0.05, 0) is 29.8 Å². The molecule has 2 heterocycles. The van der Waals surface area contributed by atoms with Crippen molar-refractivity contribution < 1.29 is 0 Å². The molecule has 0 aliphatic carbocycles. The monoisotopic (exact) mass is 252 g/mol. The van der Waals surface area contributed by atoms with Crippen LogP contribution in [0.5, 0.6) is 0 Å². The number of nitrogens with two attached hydrogens (primary N) is 1. The number of anilines is 1. The number of benzene rings is 1. The molecule has 3 N–H and O–H groups in total. The molecule has 0 fully saturated rings. The minimum Gasteiger partial charge on any atom is -0.399 e. The Hall–Kier alpha value is -2.33. The molecule has 4 nitrogen and oxygen atoms in total. The molecule has 0 aliphatic rings. The normalized spacial score (nSPS) is 10.9. The van der Waals surface area contributed by atoms with Crippen molar-refractivity contribution in [1.82, 2.24) is 14.9 Å². The number of nitrogens with one attached hydrogen (secondary N) is 1. The lowest BCUT2D eigenvalue weighted by Gasteiger charge is -2.04. The fourth-order valence-electron chi connectivity index (χ4n) is 2.10. The molecule has 0 atom stereocenters. The van der Waals surface area contributed by atoms with E-state index >= 15 is 0 Å². The number of nitrogen functional groups attached to an aromatic ring is 1. The average molecular weight is 252 g/mol. The van der Waals surface area contributed by atoms with E-state index in [4.69, 9.17) is 5.73 Å². The Balaban J connectivity index is 1.65. The molecule has 0 spiro atoms. The molecule has 96 valence electrons. The fourth-order valence-corrected chi connectivity index (χ4v) is 2.10.